The van der Waals surface area contributed by atoms with Gasteiger partial charge in [-0.15, -0.1) is 11.3 Å². The fourth-order valence-electron chi connectivity index (χ4n) is 2.06. The van der Waals surface area contributed by atoms with Gasteiger partial charge in [0.1, 0.15) is 0 Å². The van der Waals surface area contributed by atoms with Gasteiger partial charge in [0.15, 0.2) is 5.01 Å². The molecule has 2 unspecified atom stereocenters. The molecule has 0 aromatic carbocycles. The van der Waals surface area contributed by atoms with E-state index in [4.69, 9.17) is 4.74 Å². The Morgan fingerprint density at radius 2 is 2.39 bits per heavy atom. The molecule has 1 aliphatic rings. The summed E-state index contributed by atoms with van der Waals surface area (Å²) in [7, 11) is 1.76. The van der Waals surface area contributed by atoms with Crippen LogP contribution in [0.4, 0.5) is 13.2 Å². The van der Waals surface area contributed by atoms with E-state index in [1.165, 1.54) is 6.20 Å². The molecule has 1 aromatic heterocycles. The molecule has 0 spiro atoms. The van der Waals surface area contributed by atoms with Gasteiger partial charge in [0, 0.05) is 30.3 Å². The first-order valence-electron chi connectivity index (χ1n) is 5.78. The second-order valence-corrected chi connectivity index (χ2v) is 5.43. The zero-order valence-electron chi connectivity index (χ0n) is 9.96. The minimum Gasteiger partial charge on any atom is -0.381 e. The summed E-state index contributed by atoms with van der Waals surface area (Å²) in [5.41, 5.74) is 0. The zero-order valence-corrected chi connectivity index (χ0v) is 10.8. The Morgan fingerprint density at radius 3 is 2.89 bits per heavy atom. The maximum atomic E-state index is 12.5. The van der Waals surface area contributed by atoms with Gasteiger partial charge in [-0.3, -0.25) is 0 Å². The summed E-state index contributed by atoms with van der Waals surface area (Å²) in [5, 5.41) is 2.28. The number of nitrogens with one attached hydrogen (secondary N) is 1. The highest BCUT2D eigenvalue weighted by atomic mass is 32.1. The molecule has 0 radical (unpaired) electrons. The third-order valence-corrected chi connectivity index (χ3v) is 4.21. The first-order valence-corrected chi connectivity index (χ1v) is 6.60. The van der Waals surface area contributed by atoms with Crippen LogP contribution < -0.4 is 5.32 Å². The Hall–Kier alpha value is -0.660. The molecule has 0 saturated carbocycles. The number of halogens is 3. The summed E-state index contributed by atoms with van der Waals surface area (Å²) in [5.74, 6) is 0.416. The predicted molar refractivity (Wildman–Crippen MR) is 62.5 cm³/mol. The maximum absolute atomic E-state index is 12.5. The number of alkyl halides is 3. The van der Waals surface area contributed by atoms with Gasteiger partial charge < -0.3 is 10.1 Å². The number of rotatable bonds is 4. The van der Waals surface area contributed by atoms with Gasteiger partial charge in [-0.25, -0.2) is 4.98 Å². The Kier molecular flexibility index (Phi) is 4.24. The molecule has 102 valence electrons. The molecule has 0 aliphatic carbocycles. The number of nitrogens with zero attached hydrogens (tertiary/aromatic N) is 1. The summed E-state index contributed by atoms with van der Waals surface area (Å²) in [6, 6.07) is -0.0784. The van der Waals surface area contributed by atoms with Crippen LogP contribution in [0.2, 0.25) is 0 Å². The zero-order chi connectivity index (χ0) is 13.2. The molecule has 0 amide bonds. The lowest BCUT2D eigenvalue weighted by atomic mass is 9.99. The molecule has 2 rings (SSSR count). The molecule has 2 atom stereocenters. The first kappa shape index (κ1) is 13.8. The highest BCUT2D eigenvalue weighted by Crippen LogP contribution is 2.36. The molecule has 1 aliphatic heterocycles. The molecular formula is C11H15F3N2OS. The lowest BCUT2D eigenvalue weighted by Gasteiger charge is -2.17. The van der Waals surface area contributed by atoms with Crippen molar-refractivity contribution in [2.24, 2.45) is 5.92 Å². The van der Waals surface area contributed by atoms with E-state index in [0.29, 0.717) is 28.7 Å². The van der Waals surface area contributed by atoms with Crippen molar-refractivity contribution < 1.29 is 17.9 Å². The van der Waals surface area contributed by atoms with E-state index in [-0.39, 0.29) is 6.04 Å². The van der Waals surface area contributed by atoms with Crippen molar-refractivity contribution in [3.05, 3.63) is 16.1 Å². The summed E-state index contributed by atoms with van der Waals surface area (Å²) < 4.78 is 42.7. The van der Waals surface area contributed by atoms with Crippen LogP contribution in [0, 0.1) is 5.92 Å². The van der Waals surface area contributed by atoms with Crippen LogP contribution in [0.3, 0.4) is 0 Å². The van der Waals surface area contributed by atoms with Crippen LogP contribution in [-0.2, 0) is 10.9 Å². The van der Waals surface area contributed by atoms with Crippen molar-refractivity contribution in [1.29, 1.82) is 0 Å². The van der Waals surface area contributed by atoms with Gasteiger partial charge in [-0.1, -0.05) is 0 Å². The Bertz CT molecular complexity index is 388. The molecular weight excluding hydrogens is 265 g/mol. The van der Waals surface area contributed by atoms with Crippen LogP contribution in [0.5, 0.6) is 0 Å². The Morgan fingerprint density at radius 1 is 1.61 bits per heavy atom. The maximum Gasteiger partial charge on any atom is 0.443 e. The molecule has 18 heavy (non-hydrogen) atoms. The van der Waals surface area contributed by atoms with E-state index >= 15 is 0 Å². The van der Waals surface area contributed by atoms with Crippen molar-refractivity contribution in [2.45, 2.75) is 25.1 Å². The quantitative estimate of drug-likeness (QED) is 0.921. The topological polar surface area (TPSA) is 34.1 Å². The lowest BCUT2D eigenvalue weighted by molar-refractivity contribution is -0.137. The SMILES string of the molecule is CNC(CC1CCOC1)c1cnc(C(F)(F)F)s1. The molecule has 3 nitrogen and oxygen atoms in total. The monoisotopic (exact) mass is 280 g/mol. The van der Waals surface area contributed by atoms with Gasteiger partial charge in [0.05, 0.1) is 0 Å². The number of aromatic nitrogens is 1. The van der Waals surface area contributed by atoms with Crippen LogP contribution in [0.25, 0.3) is 0 Å². The van der Waals surface area contributed by atoms with Gasteiger partial charge in [-0.05, 0) is 25.8 Å². The molecule has 2 heterocycles. The summed E-state index contributed by atoms with van der Waals surface area (Å²) in [4.78, 5) is 4.09. The number of ether oxygens (including phenoxy) is 1. The van der Waals surface area contributed by atoms with E-state index in [2.05, 4.69) is 10.3 Å². The van der Waals surface area contributed by atoms with Crippen molar-refractivity contribution in [1.82, 2.24) is 10.3 Å². The third kappa shape index (κ3) is 3.21. The van der Waals surface area contributed by atoms with Crippen LogP contribution >= 0.6 is 11.3 Å². The Labute approximate surface area is 107 Å². The van der Waals surface area contributed by atoms with E-state index < -0.39 is 11.2 Å². The van der Waals surface area contributed by atoms with Crippen LogP contribution in [-0.4, -0.2) is 25.2 Å². The van der Waals surface area contributed by atoms with Gasteiger partial charge in [0.25, 0.3) is 0 Å². The average molecular weight is 280 g/mol. The second kappa shape index (κ2) is 5.54. The number of hydrogen-bond acceptors (Lipinski definition) is 4. The highest BCUT2D eigenvalue weighted by Gasteiger charge is 2.35. The standard InChI is InChI=1S/C11H15F3N2OS/c1-15-8(4-7-2-3-17-6-7)9-5-16-10(18-9)11(12,13)14/h5,7-8,15H,2-4,6H2,1H3. The molecule has 1 saturated heterocycles. The molecule has 1 fully saturated rings. The molecule has 7 heteroatoms. The fraction of sp³-hybridized carbons (Fsp3) is 0.727. The lowest BCUT2D eigenvalue weighted by Crippen LogP contribution is -2.19. The normalized spacial score (nSPS) is 22.3. The average Bonchev–Trinajstić information content (AvgIpc) is 2.95. The van der Waals surface area contributed by atoms with Crippen LogP contribution in [0.1, 0.15) is 28.8 Å². The minimum atomic E-state index is -4.35. The fourth-order valence-corrected chi connectivity index (χ4v) is 2.96. The number of hydrogen-bond donors (Lipinski definition) is 1. The van der Waals surface area contributed by atoms with Crippen molar-refractivity contribution in [2.75, 3.05) is 20.3 Å². The van der Waals surface area contributed by atoms with Crippen LogP contribution in [0.15, 0.2) is 6.20 Å². The Balaban J connectivity index is 2.05. The smallest absolute Gasteiger partial charge is 0.381 e. The predicted octanol–water partition coefficient (Wildman–Crippen LogP) is 2.85. The summed E-state index contributed by atoms with van der Waals surface area (Å²) in [6.07, 6.45) is -1.26. The number of thiazole rings is 1. The second-order valence-electron chi connectivity index (χ2n) is 4.37. The van der Waals surface area contributed by atoms with Gasteiger partial charge >= 0.3 is 6.18 Å². The highest BCUT2D eigenvalue weighted by molar-refractivity contribution is 7.11. The summed E-state index contributed by atoms with van der Waals surface area (Å²) in [6.45, 7) is 1.45. The van der Waals surface area contributed by atoms with E-state index in [9.17, 15) is 13.2 Å². The largest absolute Gasteiger partial charge is 0.443 e. The molecule has 1 N–H and O–H groups in total. The molecule has 1 aromatic rings. The first-order chi connectivity index (χ1) is 8.50. The van der Waals surface area contributed by atoms with Gasteiger partial charge in [-0.2, -0.15) is 13.2 Å². The third-order valence-electron chi connectivity index (χ3n) is 3.05. The van der Waals surface area contributed by atoms with E-state index in [0.717, 1.165) is 19.4 Å². The molecule has 0 bridgehead atoms. The van der Waals surface area contributed by atoms with Crippen molar-refractivity contribution in [3.8, 4) is 0 Å². The van der Waals surface area contributed by atoms with E-state index in [1.54, 1.807) is 7.05 Å². The minimum absolute atomic E-state index is 0.0784. The van der Waals surface area contributed by atoms with E-state index in [1.807, 2.05) is 0 Å². The van der Waals surface area contributed by atoms with Crippen molar-refractivity contribution in [3.63, 3.8) is 0 Å². The summed E-state index contributed by atoms with van der Waals surface area (Å²) >= 11 is 0.716. The van der Waals surface area contributed by atoms with Crippen molar-refractivity contribution >= 4 is 11.3 Å². The van der Waals surface area contributed by atoms with Gasteiger partial charge in [0.2, 0.25) is 0 Å².